The molecule has 0 bridgehead atoms. The number of rotatable bonds is 2. The van der Waals surface area contributed by atoms with Crippen molar-refractivity contribution in [1.29, 1.82) is 0 Å². The summed E-state index contributed by atoms with van der Waals surface area (Å²) in [6, 6.07) is 2.47. The minimum atomic E-state index is -0.718. The average Bonchev–Trinajstić information content (AvgIpc) is 2.14. The molecule has 82 valence electrons. The summed E-state index contributed by atoms with van der Waals surface area (Å²) in [4.78, 5) is 12.7. The zero-order valence-electron chi connectivity index (χ0n) is 8.55. The number of hydrogen-bond donors (Lipinski definition) is 1. The molecule has 0 saturated carbocycles. The third-order valence-corrected chi connectivity index (χ3v) is 1.93. The lowest BCUT2D eigenvalue weighted by atomic mass is 10.3. The number of amides is 2. The molecule has 0 spiro atoms. The lowest BCUT2D eigenvalue weighted by Crippen LogP contribution is -2.30. The van der Waals surface area contributed by atoms with Crippen LogP contribution in [-0.4, -0.2) is 24.5 Å². The minimum Gasteiger partial charge on any atom is -0.328 e. The molecular formula is C10H12F2N2O. The third-order valence-electron chi connectivity index (χ3n) is 1.93. The van der Waals surface area contributed by atoms with Crippen molar-refractivity contribution in [2.45, 2.75) is 6.92 Å². The summed E-state index contributed by atoms with van der Waals surface area (Å²) >= 11 is 0. The molecule has 3 nitrogen and oxygen atoms in total. The topological polar surface area (TPSA) is 32.3 Å². The maximum absolute atomic E-state index is 12.8. The van der Waals surface area contributed by atoms with E-state index in [-0.39, 0.29) is 5.69 Å². The standard InChI is InChI=1S/C10H12F2N2O/c1-3-14(2)10(15)13-9-5-7(11)4-8(12)6-9/h4-6H,3H2,1-2H3,(H,13,15). The van der Waals surface area contributed by atoms with Crippen molar-refractivity contribution in [3.8, 4) is 0 Å². The highest BCUT2D eigenvalue weighted by molar-refractivity contribution is 5.89. The van der Waals surface area contributed by atoms with Crippen LogP contribution in [0.25, 0.3) is 0 Å². The Kier molecular flexibility index (Phi) is 3.60. The van der Waals surface area contributed by atoms with Crippen LogP contribution >= 0.6 is 0 Å². The van der Waals surface area contributed by atoms with Gasteiger partial charge < -0.3 is 10.2 Å². The fourth-order valence-corrected chi connectivity index (χ4v) is 0.989. The van der Waals surface area contributed by atoms with Gasteiger partial charge in [0.2, 0.25) is 0 Å². The number of anilines is 1. The molecule has 0 aliphatic rings. The lowest BCUT2D eigenvalue weighted by Gasteiger charge is -2.15. The second-order valence-electron chi connectivity index (χ2n) is 3.10. The van der Waals surface area contributed by atoms with Crippen molar-refractivity contribution >= 4 is 11.7 Å². The van der Waals surface area contributed by atoms with Crippen LogP contribution in [0.1, 0.15) is 6.92 Å². The molecule has 0 saturated heterocycles. The van der Waals surface area contributed by atoms with Gasteiger partial charge in [-0.3, -0.25) is 0 Å². The first-order valence-corrected chi connectivity index (χ1v) is 4.51. The molecule has 0 fully saturated rings. The highest BCUT2D eigenvalue weighted by Gasteiger charge is 2.07. The molecule has 2 amide bonds. The van der Waals surface area contributed by atoms with Gasteiger partial charge in [0.05, 0.1) is 0 Å². The van der Waals surface area contributed by atoms with E-state index in [0.717, 1.165) is 18.2 Å². The second-order valence-corrected chi connectivity index (χ2v) is 3.10. The normalized spacial score (nSPS) is 9.87. The van der Waals surface area contributed by atoms with Gasteiger partial charge in [0.1, 0.15) is 11.6 Å². The summed E-state index contributed by atoms with van der Waals surface area (Å²) in [6.45, 7) is 2.31. The van der Waals surface area contributed by atoms with E-state index in [9.17, 15) is 13.6 Å². The van der Waals surface area contributed by atoms with E-state index in [0.29, 0.717) is 6.54 Å². The van der Waals surface area contributed by atoms with Gasteiger partial charge in [-0.2, -0.15) is 0 Å². The fourth-order valence-electron chi connectivity index (χ4n) is 0.989. The first kappa shape index (κ1) is 11.4. The third kappa shape index (κ3) is 3.19. The molecule has 1 rings (SSSR count). The van der Waals surface area contributed by atoms with E-state index in [1.807, 2.05) is 0 Å². The summed E-state index contributed by atoms with van der Waals surface area (Å²) in [6.07, 6.45) is 0. The predicted octanol–water partition coefficient (Wildman–Crippen LogP) is 2.45. The van der Waals surface area contributed by atoms with Crippen molar-refractivity contribution in [2.75, 3.05) is 18.9 Å². The van der Waals surface area contributed by atoms with Crippen molar-refractivity contribution < 1.29 is 13.6 Å². The van der Waals surface area contributed by atoms with Gasteiger partial charge in [0.15, 0.2) is 0 Å². The quantitative estimate of drug-likeness (QED) is 0.805. The molecular weight excluding hydrogens is 202 g/mol. The van der Waals surface area contributed by atoms with Gasteiger partial charge in [-0.1, -0.05) is 0 Å². The van der Waals surface area contributed by atoms with Crippen molar-refractivity contribution in [2.24, 2.45) is 0 Å². The van der Waals surface area contributed by atoms with Crippen LogP contribution in [0.3, 0.4) is 0 Å². The van der Waals surface area contributed by atoms with Crippen LogP contribution < -0.4 is 5.32 Å². The van der Waals surface area contributed by atoms with Gasteiger partial charge in [0.25, 0.3) is 0 Å². The van der Waals surface area contributed by atoms with Crippen LogP contribution in [0.2, 0.25) is 0 Å². The first-order valence-electron chi connectivity index (χ1n) is 4.51. The maximum atomic E-state index is 12.8. The Bertz CT molecular complexity index is 348. The summed E-state index contributed by atoms with van der Waals surface area (Å²) in [5.74, 6) is -1.44. The van der Waals surface area contributed by atoms with Crippen LogP contribution in [0.15, 0.2) is 18.2 Å². The van der Waals surface area contributed by atoms with E-state index in [1.165, 1.54) is 4.90 Å². The Labute approximate surface area is 86.7 Å². The number of nitrogens with zero attached hydrogens (tertiary/aromatic N) is 1. The van der Waals surface area contributed by atoms with Crippen LogP contribution in [0.4, 0.5) is 19.3 Å². The molecule has 0 aliphatic carbocycles. The second kappa shape index (κ2) is 4.72. The number of urea groups is 1. The van der Waals surface area contributed by atoms with E-state index in [4.69, 9.17) is 0 Å². The Hall–Kier alpha value is -1.65. The van der Waals surface area contributed by atoms with Gasteiger partial charge in [-0.25, -0.2) is 13.6 Å². The van der Waals surface area contributed by atoms with Crippen LogP contribution in [0.5, 0.6) is 0 Å². The Morgan fingerprint density at radius 2 is 1.87 bits per heavy atom. The van der Waals surface area contributed by atoms with E-state index in [2.05, 4.69) is 5.32 Å². The zero-order chi connectivity index (χ0) is 11.4. The Balaban J connectivity index is 2.76. The molecule has 1 N–H and O–H groups in total. The highest BCUT2D eigenvalue weighted by Crippen LogP contribution is 2.13. The molecule has 0 unspecified atom stereocenters. The molecule has 0 aromatic heterocycles. The van der Waals surface area contributed by atoms with Crippen LogP contribution in [-0.2, 0) is 0 Å². The predicted molar refractivity (Wildman–Crippen MR) is 53.7 cm³/mol. The summed E-state index contributed by atoms with van der Waals surface area (Å²) in [7, 11) is 1.59. The minimum absolute atomic E-state index is 0.109. The molecule has 0 aliphatic heterocycles. The summed E-state index contributed by atoms with van der Waals surface area (Å²) in [5.41, 5.74) is 0.109. The fraction of sp³-hybridized carbons (Fsp3) is 0.300. The molecule has 1 aromatic carbocycles. The van der Waals surface area contributed by atoms with E-state index >= 15 is 0 Å². The molecule has 5 heteroatoms. The number of benzene rings is 1. The number of halogens is 2. The van der Waals surface area contributed by atoms with Crippen molar-refractivity contribution in [1.82, 2.24) is 4.90 Å². The average molecular weight is 214 g/mol. The monoisotopic (exact) mass is 214 g/mol. The number of carbonyl (C=O) groups excluding carboxylic acids is 1. The van der Waals surface area contributed by atoms with Crippen molar-refractivity contribution in [3.63, 3.8) is 0 Å². The van der Waals surface area contributed by atoms with E-state index in [1.54, 1.807) is 14.0 Å². The van der Waals surface area contributed by atoms with Gasteiger partial charge in [-0.05, 0) is 19.1 Å². The summed E-state index contributed by atoms with van der Waals surface area (Å²) < 4.78 is 25.5. The largest absolute Gasteiger partial charge is 0.328 e. The van der Waals surface area contributed by atoms with Gasteiger partial charge in [0, 0.05) is 25.3 Å². The molecule has 15 heavy (non-hydrogen) atoms. The Morgan fingerprint density at radius 3 is 2.33 bits per heavy atom. The Morgan fingerprint density at radius 1 is 1.33 bits per heavy atom. The van der Waals surface area contributed by atoms with Crippen molar-refractivity contribution in [3.05, 3.63) is 29.8 Å². The van der Waals surface area contributed by atoms with Gasteiger partial charge >= 0.3 is 6.03 Å². The number of hydrogen-bond acceptors (Lipinski definition) is 1. The molecule has 1 aromatic rings. The highest BCUT2D eigenvalue weighted by atomic mass is 19.1. The SMILES string of the molecule is CCN(C)C(=O)Nc1cc(F)cc(F)c1. The number of nitrogens with one attached hydrogen (secondary N) is 1. The number of carbonyl (C=O) groups is 1. The van der Waals surface area contributed by atoms with E-state index < -0.39 is 17.7 Å². The molecule has 0 radical (unpaired) electrons. The first-order chi connectivity index (χ1) is 7.02. The van der Waals surface area contributed by atoms with Crippen LogP contribution in [0, 0.1) is 11.6 Å². The molecule has 0 atom stereocenters. The molecule has 0 heterocycles. The lowest BCUT2D eigenvalue weighted by molar-refractivity contribution is 0.224. The van der Waals surface area contributed by atoms with Gasteiger partial charge in [-0.15, -0.1) is 0 Å². The maximum Gasteiger partial charge on any atom is 0.321 e. The zero-order valence-corrected chi connectivity index (χ0v) is 8.55. The smallest absolute Gasteiger partial charge is 0.321 e. The summed E-state index contributed by atoms with van der Waals surface area (Å²) in [5, 5.41) is 2.38.